The molecule has 0 spiro atoms. The molecule has 0 saturated carbocycles. The van der Waals surface area contributed by atoms with Gasteiger partial charge in [-0.05, 0) is 31.9 Å². The van der Waals surface area contributed by atoms with Gasteiger partial charge in [-0.1, -0.05) is 0 Å². The molecule has 120 valence electrons. The number of carbonyl (C=O) groups excluding carboxylic acids is 2. The van der Waals surface area contributed by atoms with E-state index in [0.717, 1.165) is 12.1 Å². The van der Waals surface area contributed by atoms with Crippen LogP contribution in [-0.2, 0) is 4.79 Å². The first-order valence-electron chi connectivity index (χ1n) is 7.43. The van der Waals surface area contributed by atoms with Crippen LogP contribution in [-0.4, -0.2) is 48.3 Å². The fourth-order valence-corrected chi connectivity index (χ4v) is 2.63. The Hall–Kier alpha value is -1.98. The second-order valence-electron chi connectivity index (χ2n) is 5.54. The van der Waals surface area contributed by atoms with Crippen molar-refractivity contribution in [3.8, 4) is 0 Å². The van der Waals surface area contributed by atoms with Gasteiger partial charge in [-0.25, -0.2) is 8.78 Å². The van der Waals surface area contributed by atoms with Crippen molar-refractivity contribution < 1.29 is 18.4 Å². The Labute approximate surface area is 128 Å². The summed E-state index contributed by atoms with van der Waals surface area (Å²) in [6, 6.07) is 2.94. The number of nitrogens with zero attached hydrogens (tertiary/aromatic N) is 2. The second-order valence-corrected chi connectivity index (χ2v) is 5.54. The average Bonchev–Trinajstić information content (AvgIpc) is 2.53. The van der Waals surface area contributed by atoms with Crippen molar-refractivity contribution in [1.29, 1.82) is 0 Å². The Balaban J connectivity index is 1.99. The van der Waals surface area contributed by atoms with Crippen molar-refractivity contribution in [2.24, 2.45) is 5.92 Å². The topological polar surface area (TPSA) is 40.6 Å². The van der Waals surface area contributed by atoms with Crippen molar-refractivity contribution in [1.82, 2.24) is 9.80 Å². The van der Waals surface area contributed by atoms with Crippen molar-refractivity contribution in [3.63, 3.8) is 0 Å². The number of benzene rings is 1. The van der Waals surface area contributed by atoms with Crippen molar-refractivity contribution in [2.45, 2.75) is 19.8 Å². The normalized spacial score (nSPS) is 15.7. The van der Waals surface area contributed by atoms with Crippen LogP contribution in [0.3, 0.4) is 0 Å². The summed E-state index contributed by atoms with van der Waals surface area (Å²) in [6.45, 7) is 3.37. The Kier molecular flexibility index (Phi) is 5.11. The molecule has 0 N–H and O–H groups in total. The van der Waals surface area contributed by atoms with Crippen LogP contribution in [0.1, 0.15) is 30.1 Å². The predicted molar refractivity (Wildman–Crippen MR) is 78.3 cm³/mol. The molecule has 2 rings (SSSR count). The van der Waals surface area contributed by atoms with E-state index < -0.39 is 17.5 Å². The van der Waals surface area contributed by atoms with Crippen LogP contribution in [0.15, 0.2) is 18.2 Å². The number of likely N-dealkylation sites (tertiary alicyclic amines) is 1. The zero-order valence-electron chi connectivity index (χ0n) is 12.8. The lowest BCUT2D eigenvalue weighted by Crippen LogP contribution is -2.43. The third-order valence-electron chi connectivity index (χ3n) is 4.14. The number of hydrogen-bond donors (Lipinski definition) is 0. The smallest absolute Gasteiger partial charge is 0.256 e. The van der Waals surface area contributed by atoms with Crippen LogP contribution in [0.4, 0.5) is 8.78 Å². The highest BCUT2D eigenvalue weighted by Gasteiger charge is 2.29. The van der Waals surface area contributed by atoms with Crippen LogP contribution in [0.25, 0.3) is 0 Å². The lowest BCUT2D eigenvalue weighted by atomic mass is 9.95. The van der Waals surface area contributed by atoms with Gasteiger partial charge in [-0.15, -0.1) is 0 Å². The molecule has 1 heterocycles. The van der Waals surface area contributed by atoms with Crippen LogP contribution in [0, 0.1) is 17.6 Å². The second kappa shape index (κ2) is 6.85. The summed E-state index contributed by atoms with van der Waals surface area (Å²) >= 11 is 0. The molecule has 2 amide bonds. The van der Waals surface area contributed by atoms with Gasteiger partial charge < -0.3 is 9.80 Å². The largest absolute Gasteiger partial charge is 0.346 e. The van der Waals surface area contributed by atoms with Gasteiger partial charge in [0.2, 0.25) is 5.91 Å². The quantitative estimate of drug-likeness (QED) is 0.859. The van der Waals surface area contributed by atoms with E-state index in [4.69, 9.17) is 0 Å². The molecule has 0 unspecified atom stereocenters. The minimum absolute atomic E-state index is 0.0857. The summed E-state index contributed by atoms with van der Waals surface area (Å²) in [5, 5.41) is 0. The molecule has 0 aromatic heterocycles. The molecule has 0 radical (unpaired) electrons. The van der Waals surface area contributed by atoms with Crippen molar-refractivity contribution in [3.05, 3.63) is 35.4 Å². The molecular formula is C16H20F2N2O2. The maximum atomic E-state index is 13.7. The van der Waals surface area contributed by atoms with E-state index in [0.29, 0.717) is 38.5 Å². The van der Waals surface area contributed by atoms with E-state index in [-0.39, 0.29) is 17.4 Å². The molecule has 4 nitrogen and oxygen atoms in total. The number of piperidine rings is 1. The molecule has 0 bridgehead atoms. The summed E-state index contributed by atoms with van der Waals surface area (Å²) in [7, 11) is 1.76. The number of amides is 2. The number of halogens is 2. The SMILES string of the molecule is CCN(C)C(=O)C1CCN(C(=O)c2ccc(F)cc2F)CC1. The van der Waals surface area contributed by atoms with Gasteiger partial charge in [-0.3, -0.25) is 9.59 Å². The van der Waals surface area contributed by atoms with E-state index in [9.17, 15) is 18.4 Å². The van der Waals surface area contributed by atoms with Crippen LogP contribution in [0.5, 0.6) is 0 Å². The number of rotatable bonds is 3. The van der Waals surface area contributed by atoms with E-state index >= 15 is 0 Å². The first-order valence-corrected chi connectivity index (χ1v) is 7.43. The highest BCUT2D eigenvalue weighted by Crippen LogP contribution is 2.22. The zero-order valence-corrected chi connectivity index (χ0v) is 12.8. The lowest BCUT2D eigenvalue weighted by Gasteiger charge is -2.33. The van der Waals surface area contributed by atoms with E-state index in [1.54, 1.807) is 11.9 Å². The predicted octanol–water partition coefficient (Wildman–Crippen LogP) is 2.30. The maximum absolute atomic E-state index is 13.7. The summed E-state index contributed by atoms with van der Waals surface area (Å²) in [4.78, 5) is 27.5. The molecule has 1 aromatic rings. The van der Waals surface area contributed by atoms with Crippen molar-refractivity contribution >= 4 is 11.8 Å². The first kappa shape index (κ1) is 16.4. The van der Waals surface area contributed by atoms with Gasteiger partial charge in [0.1, 0.15) is 11.6 Å². The minimum atomic E-state index is -0.853. The van der Waals surface area contributed by atoms with Gasteiger partial charge in [0, 0.05) is 38.7 Å². The van der Waals surface area contributed by atoms with Gasteiger partial charge in [0.15, 0.2) is 0 Å². The highest BCUT2D eigenvalue weighted by atomic mass is 19.1. The number of hydrogen-bond acceptors (Lipinski definition) is 2. The van der Waals surface area contributed by atoms with Gasteiger partial charge in [0.05, 0.1) is 5.56 Å². The lowest BCUT2D eigenvalue weighted by molar-refractivity contribution is -0.135. The molecule has 1 aliphatic heterocycles. The van der Waals surface area contributed by atoms with E-state index in [1.807, 2.05) is 6.92 Å². The molecular weight excluding hydrogens is 290 g/mol. The summed E-state index contributed by atoms with van der Waals surface area (Å²) in [5.74, 6) is -2.02. The fraction of sp³-hybridized carbons (Fsp3) is 0.500. The molecule has 0 aliphatic carbocycles. The zero-order chi connectivity index (χ0) is 16.3. The molecule has 22 heavy (non-hydrogen) atoms. The Morgan fingerprint density at radius 2 is 1.91 bits per heavy atom. The minimum Gasteiger partial charge on any atom is -0.346 e. The molecule has 6 heteroatoms. The monoisotopic (exact) mass is 310 g/mol. The van der Waals surface area contributed by atoms with Gasteiger partial charge in [0.25, 0.3) is 5.91 Å². The van der Waals surface area contributed by atoms with Crippen LogP contribution >= 0.6 is 0 Å². The Bertz CT molecular complexity index is 569. The number of carbonyl (C=O) groups is 2. The fourth-order valence-electron chi connectivity index (χ4n) is 2.63. The molecule has 0 atom stereocenters. The molecule has 1 saturated heterocycles. The van der Waals surface area contributed by atoms with Crippen LogP contribution < -0.4 is 0 Å². The Morgan fingerprint density at radius 1 is 1.27 bits per heavy atom. The highest BCUT2D eigenvalue weighted by molar-refractivity contribution is 5.94. The summed E-state index contributed by atoms with van der Waals surface area (Å²) < 4.78 is 26.6. The first-order chi connectivity index (χ1) is 10.4. The van der Waals surface area contributed by atoms with E-state index in [1.165, 1.54) is 4.90 Å². The maximum Gasteiger partial charge on any atom is 0.256 e. The van der Waals surface area contributed by atoms with Crippen molar-refractivity contribution in [2.75, 3.05) is 26.7 Å². The van der Waals surface area contributed by atoms with E-state index in [2.05, 4.69) is 0 Å². The standard InChI is InChI=1S/C16H20F2N2O2/c1-3-19(2)15(21)11-6-8-20(9-7-11)16(22)13-5-4-12(17)10-14(13)18/h4-5,10-11H,3,6-9H2,1-2H3. The third kappa shape index (κ3) is 3.43. The summed E-state index contributed by atoms with van der Waals surface area (Å²) in [5.41, 5.74) is -0.128. The molecule has 1 aromatic carbocycles. The molecule has 1 aliphatic rings. The molecule has 1 fully saturated rings. The van der Waals surface area contributed by atoms with Gasteiger partial charge in [-0.2, -0.15) is 0 Å². The van der Waals surface area contributed by atoms with Crippen LogP contribution in [0.2, 0.25) is 0 Å². The Morgan fingerprint density at radius 3 is 2.45 bits per heavy atom. The average molecular weight is 310 g/mol. The third-order valence-corrected chi connectivity index (χ3v) is 4.14. The van der Waals surface area contributed by atoms with Gasteiger partial charge >= 0.3 is 0 Å². The summed E-state index contributed by atoms with van der Waals surface area (Å²) in [6.07, 6.45) is 1.13.